The van der Waals surface area contributed by atoms with Crippen LogP contribution in [0.3, 0.4) is 0 Å². The molecular formula is C14H15F3O4S. The van der Waals surface area contributed by atoms with E-state index in [0.29, 0.717) is 6.42 Å². The van der Waals surface area contributed by atoms with Gasteiger partial charge in [-0.1, -0.05) is 31.0 Å². The summed E-state index contributed by atoms with van der Waals surface area (Å²) in [6, 6.07) is 5.33. The Balaban J connectivity index is 3.13. The summed E-state index contributed by atoms with van der Waals surface area (Å²) in [6.45, 7) is 3.39. The fourth-order valence-electron chi connectivity index (χ4n) is 1.45. The summed E-state index contributed by atoms with van der Waals surface area (Å²) in [5.41, 5.74) is 0.770. The average molecular weight is 336 g/mol. The van der Waals surface area contributed by atoms with Crippen LogP contribution >= 0.6 is 0 Å². The molecule has 1 aromatic rings. The molecule has 1 rings (SSSR count). The summed E-state index contributed by atoms with van der Waals surface area (Å²) in [5, 5.41) is 0. The summed E-state index contributed by atoms with van der Waals surface area (Å²) < 4.78 is 65.8. The van der Waals surface area contributed by atoms with E-state index in [1.807, 2.05) is 0 Å². The number of halogens is 3. The van der Waals surface area contributed by atoms with Gasteiger partial charge < -0.3 is 4.18 Å². The fourth-order valence-corrected chi connectivity index (χ4v) is 2.40. The molecule has 0 aliphatic rings. The lowest BCUT2D eigenvalue weighted by Gasteiger charge is -2.11. The Morgan fingerprint density at radius 2 is 1.77 bits per heavy atom. The Labute approximate surface area is 126 Å². The van der Waals surface area contributed by atoms with Crippen LogP contribution in [0.5, 0.6) is 0 Å². The molecule has 0 amide bonds. The van der Waals surface area contributed by atoms with Gasteiger partial charge in [0.05, 0.1) is 0 Å². The van der Waals surface area contributed by atoms with Crippen molar-refractivity contribution in [2.75, 3.05) is 0 Å². The highest BCUT2D eigenvalue weighted by Crippen LogP contribution is 2.25. The van der Waals surface area contributed by atoms with Crippen LogP contribution < -0.4 is 0 Å². The maximum atomic E-state index is 12.5. The van der Waals surface area contributed by atoms with Crippen molar-refractivity contribution in [3.63, 3.8) is 0 Å². The first-order chi connectivity index (χ1) is 10.1. The minimum atomic E-state index is -5.21. The normalized spacial score (nSPS) is 13.0. The van der Waals surface area contributed by atoms with Gasteiger partial charge in [-0.2, -0.15) is 21.6 Å². The third-order valence-corrected chi connectivity index (χ3v) is 3.86. The molecule has 0 fully saturated rings. The van der Waals surface area contributed by atoms with Gasteiger partial charge in [-0.25, -0.2) is 0 Å². The molecule has 1 aromatic carbocycles. The van der Waals surface area contributed by atoms with E-state index in [0.717, 1.165) is 11.6 Å². The van der Waals surface area contributed by atoms with Crippen LogP contribution in [0.1, 0.15) is 25.3 Å². The van der Waals surface area contributed by atoms with Crippen molar-refractivity contribution in [1.82, 2.24) is 0 Å². The molecule has 0 N–H and O–H groups in total. The maximum Gasteiger partial charge on any atom is 0.458 e. The molecule has 22 heavy (non-hydrogen) atoms. The van der Waals surface area contributed by atoms with E-state index in [1.165, 1.54) is 24.3 Å². The van der Waals surface area contributed by atoms with Crippen LogP contribution in [0, 0.1) is 6.92 Å². The third-order valence-electron chi connectivity index (χ3n) is 2.61. The van der Waals surface area contributed by atoms with Crippen LogP contribution in [-0.4, -0.2) is 20.4 Å². The smallest absolute Gasteiger partial charge is 0.375 e. The zero-order valence-electron chi connectivity index (χ0n) is 12.0. The van der Waals surface area contributed by atoms with Crippen molar-refractivity contribution in [3.8, 4) is 0 Å². The lowest BCUT2D eigenvalue weighted by Crippen LogP contribution is -2.27. The first kappa shape index (κ1) is 18.2. The van der Waals surface area contributed by atoms with Gasteiger partial charge in [-0.05, 0) is 31.6 Å². The van der Waals surface area contributed by atoms with Gasteiger partial charge in [-0.15, -0.1) is 0 Å². The Hall–Kier alpha value is -1.83. The maximum absolute atomic E-state index is 12.5. The molecule has 0 saturated heterocycles. The zero-order chi connectivity index (χ0) is 17.0. The van der Waals surface area contributed by atoms with Crippen LogP contribution in [0.25, 0.3) is 0 Å². The third kappa shape index (κ3) is 4.87. The monoisotopic (exact) mass is 336 g/mol. The number of hydrogen-bond acceptors (Lipinski definition) is 4. The number of carbonyl (C=O) groups is 1. The molecule has 0 saturated carbocycles. The second-order valence-corrected chi connectivity index (χ2v) is 6.08. The molecule has 0 heterocycles. The first-order valence-electron chi connectivity index (χ1n) is 6.40. The molecule has 122 valence electrons. The molecule has 4 nitrogen and oxygen atoms in total. The Morgan fingerprint density at radius 1 is 1.23 bits per heavy atom. The number of ketones is 1. The average Bonchev–Trinajstić information content (AvgIpc) is 2.42. The second kappa shape index (κ2) is 6.95. The van der Waals surface area contributed by atoms with E-state index >= 15 is 0 Å². The summed E-state index contributed by atoms with van der Waals surface area (Å²) in [7, 11) is -4.50. The van der Waals surface area contributed by atoms with Crippen molar-refractivity contribution < 1.29 is 30.6 Å². The van der Waals surface area contributed by atoms with Gasteiger partial charge >= 0.3 is 22.1 Å². The molecule has 8 heteroatoms. The summed E-state index contributed by atoms with van der Waals surface area (Å²) in [4.78, 5) is 10.9. The van der Waals surface area contributed by atoms with Crippen molar-refractivity contribution >= 4 is 15.9 Å². The molecule has 0 unspecified atom stereocenters. The molecule has 0 atom stereocenters. The molecule has 0 aromatic heterocycles. The Kier molecular flexibility index (Phi) is 5.76. The van der Waals surface area contributed by atoms with Gasteiger partial charge in [0.2, 0.25) is 0 Å². The Morgan fingerprint density at radius 3 is 2.23 bits per heavy atom. The van der Waals surface area contributed by atoms with Gasteiger partial charge in [-0.3, -0.25) is 4.79 Å². The number of Topliss-reactive ketones (excluding diaryl/α,β-unsaturated/α-hetero) is 1. The largest absolute Gasteiger partial charge is 0.458 e. The molecule has 0 aliphatic carbocycles. The molecule has 0 spiro atoms. The van der Waals surface area contributed by atoms with Gasteiger partial charge in [0, 0.05) is 0 Å². The summed E-state index contributed by atoms with van der Waals surface area (Å²) in [6.07, 6.45) is -3.85. The first-order valence-corrected chi connectivity index (χ1v) is 7.81. The molecule has 0 bridgehead atoms. The topological polar surface area (TPSA) is 60.4 Å². The van der Waals surface area contributed by atoms with Gasteiger partial charge in [0.15, 0.2) is 5.76 Å². The molecular weight excluding hydrogens is 321 g/mol. The highest BCUT2D eigenvalue weighted by atomic mass is 32.2. The number of carbonyl (C=O) groups excluding carboxylic acids is 1. The predicted molar refractivity (Wildman–Crippen MR) is 73.5 cm³/mol. The van der Waals surface area contributed by atoms with Crippen LogP contribution in [0.2, 0.25) is 0 Å². The van der Waals surface area contributed by atoms with Crippen molar-refractivity contribution in [2.45, 2.75) is 37.8 Å². The quantitative estimate of drug-likeness (QED) is 0.453. The summed E-state index contributed by atoms with van der Waals surface area (Å²) in [5.74, 6) is -3.55. The standard InChI is InChI=1S/C14H15F3O4S/c1-3-4-5-12(13(18)14(15,16)17)21-22(19,20)11-8-6-10(2)7-9-11/h5-9H,3-4H2,1-2H3/b12-5-. The highest BCUT2D eigenvalue weighted by Gasteiger charge is 2.43. The van der Waals surface area contributed by atoms with Crippen LogP contribution in [0.15, 0.2) is 41.0 Å². The number of benzene rings is 1. The number of allylic oxidation sites excluding steroid dienone is 2. The molecule has 0 radical (unpaired) electrons. The summed E-state index contributed by atoms with van der Waals surface area (Å²) >= 11 is 0. The van der Waals surface area contributed by atoms with E-state index in [1.54, 1.807) is 13.8 Å². The van der Waals surface area contributed by atoms with Crippen molar-refractivity contribution in [2.24, 2.45) is 0 Å². The second-order valence-electron chi connectivity index (χ2n) is 4.53. The van der Waals surface area contributed by atoms with E-state index in [2.05, 4.69) is 4.18 Å². The minimum absolute atomic E-state index is 0.0839. The van der Waals surface area contributed by atoms with E-state index < -0.39 is 27.8 Å². The number of unbranched alkanes of at least 4 members (excludes halogenated alkanes) is 1. The van der Waals surface area contributed by atoms with Gasteiger partial charge in [0.25, 0.3) is 0 Å². The zero-order valence-corrected chi connectivity index (χ0v) is 12.8. The van der Waals surface area contributed by atoms with E-state index in [9.17, 15) is 26.4 Å². The van der Waals surface area contributed by atoms with E-state index in [-0.39, 0.29) is 11.3 Å². The van der Waals surface area contributed by atoms with Crippen LogP contribution in [-0.2, 0) is 19.1 Å². The number of rotatable bonds is 6. The molecule has 0 aliphatic heterocycles. The lowest BCUT2D eigenvalue weighted by molar-refractivity contribution is -0.168. The predicted octanol–water partition coefficient (Wildman–Crippen LogP) is 3.52. The minimum Gasteiger partial charge on any atom is -0.375 e. The lowest BCUT2D eigenvalue weighted by atomic mass is 10.2. The fraction of sp³-hybridized carbons (Fsp3) is 0.357. The van der Waals surface area contributed by atoms with Crippen LogP contribution in [0.4, 0.5) is 13.2 Å². The van der Waals surface area contributed by atoms with Crippen molar-refractivity contribution in [1.29, 1.82) is 0 Å². The van der Waals surface area contributed by atoms with E-state index in [4.69, 9.17) is 0 Å². The number of aryl methyl sites for hydroxylation is 1. The number of hydrogen-bond donors (Lipinski definition) is 0. The number of alkyl halides is 3. The van der Waals surface area contributed by atoms with Gasteiger partial charge in [0.1, 0.15) is 4.90 Å². The Bertz CT molecular complexity index is 658. The SMILES string of the molecule is CCC/C=C(\OS(=O)(=O)c1ccc(C)cc1)C(=O)C(F)(F)F. The van der Waals surface area contributed by atoms with Crippen molar-refractivity contribution in [3.05, 3.63) is 41.7 Å². The highest BCUT2D eigenvalue weighted by molar-refractivity contribution is 7.86.